The summed E-state index contributed by atoms with van der Waals surface area (Å²) in [5.74, 6) is -0.725. The lowest BCUT2D eigenvalue weighted by Crippen LogP contribution is -2.15. The van der Waals surface area contributed by atoms with Crippen LogP contribution in [0, 0.1) is 15.9 Å². The van der Waals surface area contributed by atoms with Gasteiger partial charge in [-0.05, 0) is 25.3 Å². The third kappa shape index (κ3) is 3.40. The zero-order valence-electron chi connectivity index (χ0n) is 10.1. The first-order chi connectivity index (χ1) is 9.09. The smallest absolute Gasteiger partial charge is 0.279 e. The van der Waals surface area contributed by atoms with Crippen LogP contribution in [0.15, 0.2) is 12.1 Å². The quantitative estimate of drug-likeness (QED) is 0.616. The van der Waals surface area contributed by atoms with Gasteiger partial charge in [0.05, 0.1) is 28.7 Å². The van der Waals surface area contributed by atoms with E-state index in [0.29, 0.717) is 13.2 Å². The van der Waals surface area contributed by atoms with Crippen LogP contribution in [-0.2, 0) is 9.47 Å². The maximum atomic E-state index is 13.5. The van der Waals surface area contributed by atoms with Gasteiger partial charge in [-0.25, -0.2) is 4.39 Å². The Morgan fingerprint density at radius 1 is 1.26 bits per heavy atom. The van der Waals surface area contributed by atoms with Crippen molar-refractivity contribution in [2.75, 3.05) is 13.2 Å². The van der Waals surface area contributed by atoms with Crippen LogP contribution in [-0.4, -0.2) is 18.1 Å². The minimum absolute atomic E-state index is 0.0637. The molecule has 1 saturated heterocycles. The first-order valence-corrected chi connectivity index (χ1v) is 6.34. The van der Waals surface area contributed by atoms with Gasteiger partial charge in [-0.15, -0.1) is 0 Å². The van der Waals surface area contributed by atoms with Crippen molar-refractivity contribution >= 4 is 17.3 Å². The Balaban J connectivity index is 2.35. The molecule has 1 aliphatic rings. The van der Waals surface area contributed by atoms with E-state index in [1.807, 2.05) is 0 Å². The Hall–Kier alpha value is -1.24. The van der Waals surface area contributed by atoms with E-state index in [-0.39, 0.29) is 16.3 Å². The minimum Gasteiger partial charge on any atom is -0.348 e. The van der Waals surface area contributed by atoms with Crippen molar-refractivity contribution < 1.29 is 18.8 Å². The molecule has 1 fully saturated rings. The van der Waals surface area contributed by atoms with Crippen molar-refractivity contribution in [3.05, 3.63) is 38.7 Å². The van der Waals surface area contributed by atoms with Gasteiger partial charge >= 0.3 is 0 Å². The van der Waals surface area contributed by atoms with E-state index in [0.717, 1.165) is 31.4 Å². The van der Waals surface area contributed by atoms with Crippen LogP contribution in [0.25, 0.3) is 0 Å². The van der Waals surface area contributed by atoms with E-state index < -0.39 is 17.0 Å². The summed E-state index contributed by atoms with van der Waals surface area (Å²) in [7, 11) is 0. The van der Waals surface area contributed by atoms with E-state index in [1.165, 1.54) is 0 Å². The molecule has 0 amide bonds. The molecule has 0 spiro atoms. The maximum absolute atomic E-state index is 13.5. The van der Waals surface area contributed by atoms with Gasteiger partial charge in [0.2, 0.25) is 0 Å². The molecule has 1 aliphatic heterocycles. The van der Waals surface area contributed by atoms with Crippen molar-refractivity contribution in [3.8, 4) is 0 Å². The molecular weight excluding hydrogens is 277 g/mol. The molecule has 0 aromatic heterocycles. The molecule has 0 radical (unpaired) electrons. The highest BCUT2D eigenvalue weighted by Gasteiger charge is 2.26. The predicted octanol–water partition coefficient (Wildman–Crippen LogP) is 3.60. The second-order valence-electron chi connectivity index (χ2n) is 4.22. The van der Waals surface area contributed by atoms with E-state index in [1.54, 1.807) is 0 Å². The lowest BCUT2D eigenvalue weighted by molar-refractivity contribution is -0.387. The minimum atomic E-state index is -0.924. The summed E-state index contributed by atoms with van der Waals surface area (Å²) in [6, 6.07) is 1.99. The molecule has 1 aromatic rings. The molecule has 0 N–H and O–H groups in total. The average molecular weight is 290 g/mol. The summed E-state index contributed by atoms with van der Waals surface area (Å²) >= 11 is 5.57. The highest BCUT2D eigenvalue weighted by Crippen LogP contribution is 2.33. The topological polar surface area (TPSA) is 61.6 Å². The Kier molecular flexibility index (Phi) is 4.68. The normalized spacial score (nSPS) is 17.8. The Morgan fingerprint density at radius 3 is 2.47 bits per heavy atom. The van der Waals surface area contributed by atoms with Gasteiger partial charge < -0.3 is 9.47 Å². The third-order valence-corrected chi connectivity index (χ3v) is 3.14. The molecule has 104 valence electrons. The van der Waals surface area contributed by atoms with Crippen molar-refractivity contribution in [1.29, 1.82) is 0 Å². The highest BCUT2D eigenvalue weighted by atomic mass is 35.5. The first kappa shape index (κ1) is 14.2. The zero-order valence-corrected chi connectivity index (χ0v) is 10.9. The summed E-state index contributed by atoms with van der Waals surface area (Å²) < 4.78 is 24.3. The Morgan fingerprint density at radius 2 is 1.89 bits per heavy atom. The molecule has 0 atom stereocenters. The van der Waals surface area contributed by atoms with E-state index in [2.05, 4.69) is 0 Å². The van der Waals surface area contributed by atoms with Gasteiger partial charge in [0, 0.05) is 6.07 Å². The van der Waals surface area contributed by atoms with Crippen LogP contribution in [0.4, 0.5) is 10.1 Å². The Labute approximate surface area is 114 Å². The number of benzene rings is 1. The van der Waals surface area contributed by atoms with Crippen LogP contribution >= 0.6 is 11.6 Å². The molecule has 2 rings (SSSR count). The van der Waals surface area contributed by atoms with Gasteiger partial charge in [0.25, 0.3) is 5.69 Å². The fourth-order valence-electron chi connectivity index (χ4n) is 1.89. The monoisotopic (exact) mass is 289 g/mol. The molecular formula is C12H13ClFNO4. The molecule has 5 nitrogen and oxygen atoms in total. The number of ether oxygens (including phenoxy) is 2. The van der Waals surface area contributed by atoms with Crippen molar-refractivity contribution in [1.82, 2.24) is 0 Å². The standard InChI is InChI=1S/C12H13ClFNO4/c13-9-7-11(15(16)17)8(6-10(9)14)12-18-4-2-1-3-5-19-12/h6-7,12H,1-5H2. The number of nitrogens with zero attached hydrogens (tertiary/aromatic N) is 1. The lowest BCUT2D eigenvalue weighted by atomic mass is 10.1. The van der Waals surface area contributed by atoms with Crippen LogP contribution in [0.1, 0.15) is 31.1 Å². The van der Waals surface area contributed by atoms with Gasteiger partial charge in [0.15, 0.2) is 6.29 Å². The molecule has 1 heterocycles. The van der Waals surface area contributed by atoms with Crippen LogP contribution in [0.2, 0.25) is 5.02 Å². The maximum Gasteiger partial charge on any atom is 0.279 e. The second-order valence-corrected chi connectivity index (χ2v) is 4.62. The van der Waals surface area contributed by atoms with Crippen molar-refractivity contribution in [3.63, 3.8) is 0 Å². The Bertz CT molecular complexity index is 475. The largest absolute Gasteiger partial charge is 0.348 e. The third-order valence-electron chi connectivity index (χ3n) is 2.85. The van der Waals surface area contributed by atoms with Gasteiger partial charge in [-0.2, -0.15) is 0 Å². The fourth-order valence-corrected chi connectivity index (χ4v) is 2.05. The summed E-state index contributed by atoms with van der Waals surface area (Å²) in [4.78, 5) is 10.4. The molecule has 0 aliphatic carbocycles. The van der Waals surface area contributed by atoms with Crippen LogP contribution < -0.4 is 0 Å². The first-order valence-electron chi connectivity index (χ1n) is 5.96. The fraction of sp³-hybridized carbons (Fsp3) is 0.500. The van der Waals surface area contributed by atoms with Crippen LogP contribution in [0.3, 0.4) is 0 Å². The van der Waals surface area contributed by atoms with Crippen molar-refractivity contribution in [2.45, 2.75) is 25.6 Å². The zero-order chi connectivity index (χ0) is 13.8. The molecule has 1 aromatic carbocycles. The number of nitro benzene ring substituents is 1. The van der Waals surface area contributed by atoms with Crippen molar-refractivity contribution in [2.24, 2.45) is 0 Å². The van der Waals surface area contributed by atoms with E-state index in [4.69, 9.17) is 21.1 Å². The number of hydrogen-bond donors (Lipinski definition) is 0. The second kappa shape index (κ2) is 6.27. The van der Waals surface area contributed by atoms with E-state index in [9.17, 15) is 14.5 Å². The molecule has 7 heteroatoms. The average Bonchev–Trinajstić information content (AvgIpc) is 2.32. The number of nitro groups is 1. The summed E-state index contributed by atoms with van der Waals surface area (Å²) in [5, 5.41) is 10.7. The summed E-state index contributed by atoms with van der Waals surface area (Å²) in [6.07, 6.45) is 1.75. The van der Waals surface area contributed by atoms with Gasteiger partial charge in [-0.1, -0.05) is 11.6 Å². The summed E-state index contributed by atoms with van der Waals surface area (Å²) in [5.41, 5.74) is -0.231. The number of rotatable bonds is 2. The summed E-state index contributed by atoms with van der Waals surface area (Å²) in [6.45, 7) is 0.845. The highest BCUT2D eigenvalue weighted by molar-refractivity contribution is 6.31. The SMILES string of the molecule is O=[N+]([O-])c1cc(Cl)c(F)cc1C1OCCCCCO1. The molecule has 0 unspecified atom stereocenters. The van der Waals surface area contributed by atoms with E-state index >= 15 is 0 Å². The number of hydrogen-bond acceptors (Lipinski definition) is 4. The van der Waals surface area contributed by atoms with Crippen LogP contribution in [0.5, 0.6) is 0 Å². The number of halogens is 2. The molecule has 19 heavy (non-hydrogen) atoms. The van der Waals surface area contributed by atoms with Gasteiger partial charge in [-0.3, -0.25) is 10.1 Å². The predicted molar refractivity (Wildman–Crippen MR) is 66.6 cm³/mol. The molecule has 0 saturated carbocycles. The van der Waals surface area contributed by atoms with Gasteiger partial charge in [0.1, 0.15) is 5.82 Å². The molecule has 0 bridgehead atoms. The lowest BCUT2D eigenvalue weighted by Gasteiger charge is -2.21.